The van der Waals surface area contributed by atoms with Gasteiger partial charge in [0.25, 0.3) is 0 Å². The molecule has 0 spiro atoms. The van der Waals surface area contributed by atoms with Crippen LogP contribution < -0.4 is 33.7 Å². The van der Waals surface area contributed by atoms with Gasteiger partial charge < -0.3 is 63.1 Å². The van der Waals surface area contributed by atoms with Crippen molar-refractivity contribution in [1.82, 2.24) is 0 Å². The molecule has 0 bridgehead atoms. The highest BCUT2D eigenvalue weighted by atomic mass is 16.7. The van der Waals surface area contributed by atoms with Crippen LogP contribution in [-0.4, -0.2) is 89.3 Å². The van der Waals surface area contributed by atoms with Gasteiger partial charge in [0.2, 0.25) is 24.5 Å². The SMILES string of the molecule is COc1ccc2cc3[n+](cc2c1OCCCCOC(=O)[C@H]1O[C@@H](Oc2cc4oc(-c5ccccc5)cc(=O)c4c(O)c2O)[C@H](O)[C@@H](O)[C@@H]1O)CCc1cc2c(cc1-3)OCO2. The number of benzene rings is 4. The molecule has 0 saturated carbocycles. The summed E-state index contributed by atoms with van der Waals surface area (Å²) in [5.74, 6) is -0.528. The van der Waals surface area contributed by atoms with Gasteiger partial charge in [-0.3, -0.25) is 4.79 Å². The van der Waals surface area contributed by atoms with Crippen molar-refractivity contribution in [3.8, 4) is 62.8 Å². The first-order valence-corrected chi connectivity index (χ1v) is 19.3. The van der Waals surface area contributed by atoms with Gasteiger partial charge in [0, 0.05) is 30.2 Å². The van der Waals surface area contributed by atoms with Crippen molar-refractivity contribution in [2.24, 2.45) is 0 Å². The van der Waals surface area contributed by atoms with Crippen molar-refractivity contribution in [1.29, 1.82) is 0 Å². The average Bonchev–Trinajstić information content (AvgIpc) is 3.72. The molecule has 1 saturated heterocycles. The third kappa shape index (κ3) is 7.02. The number of nitrogens with zero attached hydrogens (tertiary/aromatic N) is 1. The molecule has 6 aromatic rings. The highest BCUT2D eigenvalue weighted by Gasteiger charge is 2.49. The van der Waals surface area contributed by atoms with Gasteiger partial charge in [-0.05, 0) is 48.1 Å². The fourth-order valence-corrected chi connectivity index (χ4v) is 7.71. The Balaban J connectivity index is 0.838. The fraction of sp³-hybridized carbons (Fsp3) is 0.295. The Bertz CT molecular complexity index is 2680. The number of phenols is 2. The highest BCUT2D eigenvalue weighted by Crippen LogP contribution is 2.44. The number of fused-ring (bicyclic) bond motifs is 6. The van der Waals surface area contributed by atoms with Gasteiger partial charge in [-0.1, -0.05) is 30.3 Å². The van der Waals surface area contributed by atoms with Crippen molar-refractivity contribution in [2.45, 2.75) is 56.5 Å². The maximum Gasteiger partial charge on any atom is 0.338 e. The highest BCUT2D eigenvalue weighted by molar-refractivity contribution is 5.92. The molecule has 4 aromatic carbocycles. The van der Waals surface area contributed by atoms with Crippen LogP contribution in [0.25, 0.3) is 44.3 Å². The molecular formula is C44H40NO15+. The Kier molecular flexibility index (Phi) is 10.3. The van der Waals surface area contributed by atoms with E-state index in [1.54, 1.807) is 37.4 Å². The predicted octanol–water partition coefficient (Wildman–Crippen LogP) is 3.86. The number of pyridine rings is 1. The molecule has 9 rings (SSSR count). The normalized spacial score (nSPS) is 20.4. The minimum atomic E-state index is -1.94. The van der Waals surface area contributed by atoms with Crippen LogP contribution in [-0.2, 0) is 27.2 Å². The van der Waals surface area contributed by atoms with E-state index in [0.29, 0.717) is 29.9 Å². The van der Waals surface area contributed by atoms with Gasteiger partial charge in [0.05, 0.1) is 31.3 Å². The number of carbonyl (C=O) groups excluding carboxylic acids is 1. The Morgan fingerprint density at radius 1 is 0.867 bits per heavy atom. The van der Waals surface area contributed by atoms with Gasteiger partial charge in [-0.2, -0.15) is 4.57 Å². The van der Waals surface area contributed by atoms with Crippen molar-refractivity contribution in [3.63, 3.8) is 0 Å². The lowest BCUT2D eigenvalue weighted by molar-refractivity contribution is -0.686. The van der Waals surface area contributed by atoms with E-state index in [0.717, 1.165) is 58.6 Å². The maximum atomic E-state index is 13.1. The number of rotatable bonds is 11. The summed E-state index contributed by atoms with van der Waals surface area (Å²) >= 11 is 0. The minimum Gasteiger partial charge on any atom is -0.504 e. The van der Waals surface area contributed by atoms with E-state index in [4.69, 9.17) is 37.6 Å². The molecule has 3 aliphatic rings. The number of phenolic OH excluding ortho intramolecular Hbond substituents is 2. The quantitative estimate of drug-likeness (QED) is 0.0543. The molecular weight excluding hydrogens is 782 g/mol. The smallest absolute Gasteiger partial charge is 0.338 e. The van der Waals surface area contributed by atoms with E-state index in [1.807, 2.05) is 24.3 Å². The van der Waals surface area contributed by atoms with Crippen LogP contribution in [0, 0.1) is 0 Å². The number of methoxy groups -OCH3 is 1. The number of aliphatic hydroxyl groups excluding tert-OH is 3. The second kappa shape index (κ2) is 15.9. The van der Waals surface area contributed by atoms with E-state index in [-0.39, 0.29) is 36.7 Å². The van der Waals surface area contributed by atoms with Crippen LogP contribution in [0.15, 0.2) is 88.2 Å². The molecule has 5 atom stereocenters. The number of hydrogen-bond acceptors (Lipinski definition) is 15. The van der Waals surface area contributed by atoms with E-state index >= 15 is 0 Å². The number of hydrogen-bond donors (Lipinski definition) is 5. The molecule has 0 unspecified atom stereocenters. The molecule has 2 aromatic heterocycles. The monoisotopic (exact) mass is 822 g/mol. The van der Waals surface area contributed by atoms with Gasteiger partial charge in [0.15, 0.2) is 58.8 Å². The molecule has 1 fully saturated rings. The summed E-state index contributed by atoms with van der Waals surface area (Å²) in [5.41, 5.74) is 3.06. The van der Waals surface area contributed by atoms with Crippen LogP contribution in [0.5, 0.6) is 40.2 Å². The zero-order valence-electron chi connectivity index (χ0n) is 32.1. The maximum absolute atomic E-state index is 13.1. The van der Waals surface area contributed by atoms with Gasteiger partial charge in [0.1, 0.15) is 35.0 Å². The second-order valence-electron chi connectivity index (χ2n) is 14.6. The van der Waals surface area contributed by atoms with Crippen molar-refractivity contribution >= 4 is 27.7 Å². The number of aromatic nitrogens is 1. The Morgan fingerprint density at radius 2 is 1.65 bits per heavy atom. The summed E-state index contributed by atoms with van der Waals surface area (Å²) in [7, 11) is 1.57. The number of unbranched alkanes of at least 4 members (excludes halogenated alkanes) is 1. The molecule has 0 aliphatic carbocycles. The standard InChI is InChI=1S/C44H39NO15/c1-53-29-10-9-23-15-27-25-17-32-31(56-21-57-32)16-24(25)11-12-45(27)20-26(23)41(29)54-13-5-6-14-55-43(52)42-39(50)38(49)40(51)44(60-42)59-34-19-33-35(37(48)36(34)47)28(46)18-30(58-33)22-7-3-2-4-8-22/h2-4,7-10,15-20,38-40,42,44,49-51H,5-6,11-14,21H2,1H3,(H-,46,47,48)/p+1/t38-,39-,40+,42-,44+/m0/s1. The van der Waals surface area contributed by atoms with E-state index in [1.165, 1.54) is 5.56 Å². The van der Waals surface area contributed by atoms with Crippen molar-refractivity contribution in [2.75, 3.05) is 27.1 Å². The molecule has 0 radical (unpaired) electrons. The number of ether oxygens (including phenoxy) is 7. The lowest BCUT2D eigenvalue weighted by Crippen LogP contribution is -2.61. The first-order valence-electron chi connectivity index (χ1n) is 19.3. The zero-order chi connectivity index (χ0) is 41.7. The summed E-state index contributed by atoms with van der Waals surface area (Å²) in [5, 5.41) is 55.0. The third-order valence-electron chi connectivity index (χ3n) is 10.9. The number of esters is 1. The first-order chi connectivity index (χ1) is 29.1. The summed E-state index contributed by atoms with van der Waals surface area (Å²) in [6.07, 6.45) is -5.73. The minimum absolute atomic E-state index is 0.102. The molecule has 5 N–H and O–H groups in total. The number of aromatic hydroxyl groups is 2. The summed E-state index contributed by atoms with van der Waals surface area (Å²) < 4.78 is 47.7. The largest absolute Gasteiger partial charge is 0.504 e. The number of carbonyl (C=O) groups is 1. The predicted molar refractivity (Wildman–Crippen MR) is 210 cm³/mol. The Labute approximate surface area is 340 Å². The topological polar surface area (TPSA) is 217 Å². The van der Waals surface area contributed by atoms with E-state index in [9.17, 15) is 35.1 Å². The molecule has 3 aliphatic heterocycles. The van der Waals surface area contributed by atoms with E-state index in [2.05, 4.69) is 16.8 Å². The Hall–Kier alpha value is -6.59. The zero-order valence-corrected chi connectivity index (χ0v) is 32.1. The van der Waals surface area contributed by atoms with Crippen molar-refractivity contribution < 1.29 is 72.5 Å². The van der Waals surface area contributed by atoms with Crippen LogP contribution in [0.1, 0.15) is 18.4 Å². The Morgan fingerprint density at radius 3 is 2.45 bits per heavy atom. The average molecular weight is 823 g/mol. The van der Waals surface area contributed by atoms with Gasteiger partial charge in [-0.15, -0.1) is 0 Å². The van der Waals surface area contributed by atoms with Gasteiger partial charge in [-0.25, -0.2) is 4.79 Å². The summed E-state index contributed by atoms with van der Waals surface area (Å²) in [4.78, 5) is 26.1. The first kappa shape index (κ1) is 38.9. The number of aryl methyl sites for hydroxylation is 2. The molecule has 310 valence electrons. The molecule has 0 amide bonds. The summed E-state index contributed by atoms with van der Waals surface area (Å²) in [6, 6.07) is 20.9. The molecule has 5 heterocycles. The van der Waals surface area contributed by atoms with Crippen LogP contribution in [0.2, 0.25) is 0 Å². The van der Waals surface area contributed by atoms with Crippen LogP contribution >= 0.6 is 0 Å². The van der Waals surface area contributed by atoms with E-state index < -0.39 is 59.4 Å². The summed E-state index contributed by atoms with van der Waals surface area (Å²) in [6.45, 7) is 1.11. The lowest BCUT2D eigenvalue weighted by Gasteiger charge is -2.39. The fourth-order valence-electron chi connectivity index (χ4n) is 7.71. The lowest BCUT2D eigenvalue weighted by atomic mass is 9.95. The molecule has 60 heavy (non-hydrogen) atoms. The second-order valence-corrected chi connectivity index (χ2v) is 14.6. The number of aliphatic hydroxyl groups is 3. The van der Waals surface area contributed by atoms with Crippen LogP contribution in [0.4, 0.5) is 0 Å². The van der Waals surface area contributed by atoms with Crippen LogP contribution in [0.3, 0.4) is 0 Å². The molecule has 16 nitrogen and oxygen atoms in total. The third-order valence-corrected chi connectivity index (χ3v) is 10.9. The van der Waals surface area contributed by atoms with Crippen molar-refractivity contribution in [3.05, 3.63) is 94.8 Å². The van der Waals surface area contributed by atoms with Gasteiger partial charge >= 0.3 is 5.97 Å². The molecule has 16 heteroatoms.